The van der Waals surface area contributed by atoms with Gasteiger partial charge in [-0.2, -0.15) is 18.4 Å². The number of alkyl halides is 3. The summed E-state index contributed by atoms with van der Waals surface area (Å²) in [7, 11) is 1.54. The number of ether oxygens (including phenoxy) is 1. The fourth-order valence-electron chi connectivity index (χ4n) is 1.61. The summed E-state index contributed by atoms with van der Waals surface area (Å²) in [5, 5.41) is 11.5. The van der Waals surface area contributed by atoms with E-state index < -0.39 is 11.7 Å². The molecule has 19 heavy (non-hydrogen) atoms. The number of nitriles is 1. The monoisotopic (exact) mass is 272 g/mol. The van der Waals surface area contributed by atoms with Gasteiger partial charge in [-0.05, 0) is 31.5 Å². The summed E-state index contributed by atoms with van der Waals surface area (Å²) in [5.41, 5.74) is -0.853. The SMILES string of the molecule is COCCC(C)Nc1ccc(C#N)cc1C(F)(F)F. The molecule has 0 aliphatic rings. The van der Waals surface area contributed by atoms with Gasteiger partial charge in [-0.1, -0.05) is 0 Å². The smallest absolute Gasteiger partial charge is 0.385 e. The van der Waals surface area contributed by atoms with E-state index in [1.165, 1.54) is 19.2 Å². The summed E-state index contributed by atoms with van der Waals surface area (Å²) < 4.78 is 43.6. The molecule has 3 nitrogen and oxygen atoms in total. The lowest BCUT2D eigenvalue weighted by Gasteiger charge is -2.19. The van der Waals surface area contributed by atoms with Crippen LogP contribution in [0.3, 0.4) is 0 Å². The van der Waals surface area contributed by atoms with Gasteiger partial charge in [0.25, 0.3) is 0 Å². The highest BCUT2D eigenvalue weighted by Crippen LogP contribution is 2.35. The summed E-state index contributed by atoms with van der Waals surface area (Å²) in [6.45, 7) is 2.24. The summed E-state index contributed by atoms with van der Waals surface area (Å²) >= 11 is 0. The Kier molecular flexibility index (Phi) is 5.19. The van der Waals surface area contributed by atoms with Crippen LogP contribution in [-0.2, 0) is 10.9 Å². The lowest BCUT2D eigenvalue weighted by atomic mass is 10.1. The highest BCUT2D eigenvalue weighted by molar-refractivity contribution is 5.56. The van der Waals surface area contributed by atoms with Crippen LogP contribution < -0.4 is 5.32 Å². The molecule has 1 rings (SSSR count). The lowest BCUT2D eigenvalue weighted by Crippen LogP contribution is -2.20. The molecule has 6 heteroatoms. The van der Waals surface area contributed by atoms with E-state index >= 15 is 0 Å². The Morgan fingerprint density at radius 3 is 2.63 bits per heavy atom. The summed E-state index contributed by atoms with van der Waals surface area (Å²) in [6, 6.07) is 5.04. The third-order valence-electron chi connectivity index (χ3n) is 2.61. The van der Waals surface area contributed by atoms with Gasteiger partial charge >= 0.3 is 6.18 Å². The molecule has 0 saturated heterocycles. The van der Waals surface area contributed by atoms with Crippen LogP contribution in [0.5, 0.6) is 0 Å². The van der Waals surface area contributed by atoms with Crippen molar-refractivity contribution in [3.8, 4) is 6.07 Å². The molecule has 0 spiro atoms. The second-order valence-corrected chi connectivity index (χ2v) is 4.20. The van der Waals surface area contributed by atoms with E-state index in [1.807, 2.05) is 0 Å². The Bertz CT molecular complexity index is 466. The molecule has 1 atom stereocenters. The first-order valence-electron chi connectivity index (χ1n) is 5.75. The molecule has 0 aliphatic carbocycles. The van der Waals surface area contributed by atoms with E-state index in [1.54, 1.807) is 13.0 Å². The molecule has 1 aromatic carbocycles. The maximum absolute atomic E-state index is 12.9. The number of hydrogen-bond acceptors (Lipinski definition) is 3. The van der Waals surface area contributed by atoms with E-state index in [4.69, 9.17) is 10.00 Å². The Hall–Kier alpha value is -1.74. The molecule has 0 aliphatic heterocycles. The van der Waals surface area contributed by atoms with Crippen LogP contribution in [0.1, 0.15) is 24.5 Å². The van der Waals surface area contributed by atoms with Crippen LogP contribution in [-0.4, -0.2) is 19.8 Å². The highest BCUT2D eigenvalue weighted by Gasteiger charge is 2.34. The van der Waals surface area contributed by atoms with Crippen molar-refractivity contribution < 1.29 is 17.9 Å². The predicted molar refractivity (Wildman–Crippen MR) is 65.7 cm³/mol. The number of methoxy groups -OCH3 is 1. The second-order valence-electron chi connectivity index (χ2n) is 4.20. The van der Waals surface area contributed by atoms with Crippen molar-refractivity contribution in [2.24, 2.45) is 0 Å². The van der Waals surface area contributed by atoms with Crippen molar-refractivity contribution in [1.82, 2.24) is 0 Å². The molecule has 1 unspecified atom stereocenters. The summed E-state index contributed by atoms with van der Waals surface area (Å²) in [5.74, 6) is 0. The van der Waals surface area contributed by atoms with Crippen LogP contribution in [0, 0.1) is 11.3 Å². The average molecular weight is 272 g/mol. The topological polar surface area (TPSA) is 45.0 Å². The van der Waals surface area contributed by atoms with Gasteiger partial charge in [-0.25, -0.2) is 0 Å². The van der Waals surface area contributed by atoms with Crippen molar-refractivity contribution in [2.45, 2.75) is 25.6 Å². The van der Waals surface area contributed by atoms with Gasteiger partial charge in [0.15, 0.2) is 0 Å². The van der Waals surface area contributed by atoms with Gasteiger partial charge in [0, 0.05) is 25.4 Å². The summed E-state index contributed by atoms with van der Waals surface area (Å²) in [4.78, 5) is 0. The van der Waals surface area contributed by atoms with Crippen molar-refractivity contribution >= 4 is 5.69 Å². The molecule has 0 aromatic heterocycles. The molecule has 0 saturated carbocycles. The number of nitrogens with zero attached hydrogens (tertiary/aromatic N) is 1. The van der Waals surface area contributed by atoms with Gasteiger partial charge < -0.3 is 10.1 Å². The predicted octanol–water partition coefficient (Wildman–Crippen LogP) is 3.41. The Morgan fingerprint density at radius 1 is 1.42 bits per heavy atom. The number of benzene rings is 1. The lowest BCUT2D eigenvalue weighted by molar-refractivity contribution is -0.137. The standard InChI is InChI=1S/C13H15F3N2O/c1-9(5-6-19-2)18-12-4-3-10(8-17)7-11(12)13(14,15)16/h3-4,7,9,18H,5-6H2,1-2H3. The Morgan fingerprint density at radius 2 is 2.11 bits per heavy atom. The maximum atomic E-state index is 12.9. The fourth-order valence-corrected chi connectivity index (χ4v) is 1.61. The fraction of sp³-hybridized carbons (Fsp3) is 0.462. The third-order valence-corrected chi connectivity index (χ3v) is 2.61. The molecule has 0 amide bonds. The zero-order valence-electron chi connectivity index (χ0n) is 10.7. The van der Waals surface area contributed by atoms with Crippen LogP contribution in [0.2, 0.25) is 0 Å². The molecule has 0 heterocycles. The van der Waals surface area contributed by atoms with Gasteiger partial charge in [-0.3, -0.25) is 0 Å². The van der Waals surface area contributed by atoms with E-state index in [0.717, 1.165) is 6.07 Å². The minimum absolute atomic E-state index is 0.0116. The first kappa shape index (κ1) is 15.3. The average Bonchev–Trinajstić information content (AvgIpc) is 2.35. The highest BCUT2D eigenvalue weighted by atomic mass is 19.4. The zero-order chi connectivity index (χ0) is 14.5. The molecule has 104 valence electrons. The molecular weight excluding hydrogens is 257 g/mol. The minimum atomic E-state index is -4.49. The maximum Gasteiger partial charge on any atom is 0.418 e. The number of hydrogen-bond donors (Lipinski definition) is 1. The normalized spacial score (nSPS) is 12.8. The van der Waals surface area contributed by atoms with Crippen LogP contribution in [0.15, 0.2) is 18.2 Å². The number of nitrogens with one attached hydrogen (secondary N) is 1. The van der Waals surface area contributed by atoms with Crippen molar-refractivity contribution in [1.29, 1.82) is 5.26 Å². The van der Waals surface area contributed by atoms with E-state index in [9.17, 15) is 13.2 Å². The quantitative estimate of drug-likeness (QED) is 0.893. The Balaban J connectivity index is 2.97. The van der Waals surface area contributed by atoms with Gasteiger partial charge in [0.05, 0.1) is 17.2 Å². The van der Waals surface area contributed by atoms with Crippen LogP contribution in [0.4, 0.5) is 18.9 Å². The molecule has 1 aromatic rings. The van der Waals surface area contributed by atoms with Crippen LogP contribution >= 0.6 is 0 Å². The van der Waals surface area contributed by atoms with Gasteiger partial charge in [0.2, 0.25) is 0 Å². The molecule has 0 radical (unpaired) electrons. The van der Waals surface area contributed by atoms with Crippen molar-refractivity contribution in [2.75, 3.05) is 19.0 Å². The summed E-state index contributed by atoms with van der Waals surface area (Å²) in [6.07, 6.45) is -3.90. The molecule has 1 N–H and O–H groups in total. The van der Waals surface area contributed by atoms with E-state index in [0.29, 0.717) is 13.0 Å². The van der Waals surface area contributed by atoms with E-state index in [-0.39, 0.29) is 17.3 Å². The third kappa shape index (κ3) is 4.45. The molecule has 0 fully saturated rings. The largest absolute Gasteiger partial charge is 0.418 e. The van der Waals surface area contributed by atoms with Gasteiger partial charge in [0.1, 0.15) is 0 Å². The van der Waals surface area contributed by atoms with Crippen molar-refractivity contribution in [3.05, 3.63) is 29.3 Å². The Labute approximate surface area is 110 Å². The number of rotatable bonds is 5. The van der Waals surface area contributed by atoms with Gasteiger partial charge in [-0.15, -0.1) is 0 Å². The second kappa shape index (κ2) is 6.43. The first-order chi connectivity index (χ1) is 8.88. The first-order valence-corrected chi connectivity index (χ1v) is 5.75. The zero-order valence-corrected chi connectivity index (χ0v) is 10.7. The number of anilines is 1. The number of halogens is 3. The minimum Gasteiger partial charge on any atom is -0.385 e. The molecule has 0 bridgehead atoms. The van der Waals surface area contributed by atoms with Crippen LogP contribution in [0.25, 0.3) is 0 Å². The molecular formula is C13H15F3N2O. The van der Waals surface area contributed by atoms with E-state index in [2.05, 4.69) is 5.32 Å². The van der Waals surface area contributed by atoms with Crippen molar-refractivity contribution in [3.63, 3.8) is 0 Å².